The number of aryl methyl sites for hydroxylation is 1. The van der Waals surface area contributed by atoms with Gasteiger partial charge in [0.2, 0.25) is 0 Å². The van der Waals surface area contributed by atoms with Crippen LogP contribution in [0.15, 0.2) is 48.7 Å². The molecule has 0 saturated carbocycles. The van der Waals surface area contributed by atoms with Crippen LogP contribution in [0.2, 0.25) is 5.02 Å². The zero-order valence-corrected chi connectivity index (χ0v) is 18.8. The van der Waals surface area contributed by atoms with Crippen molar-refractivity contribution in [1.82, 2.24) is 24.5 Å². The Morgan fingerprint density at radius 1 is 1.12 bits per heavy atom. The van der Waals surface area contributed by atoms with Crippen molar-refractivity contribution in [2.75, 3.05) is 5.32 Å². The lowest BCUT2D eigenvalue weighted by Gasteiger charge is -2.11. The van der Waals surface area contributed by atoms with Gasteiger partial charge in [-0.1, -0.05) is 30.2 Å². The SMILES string of the molecule is Cc1c(C(=O)Nc2ccc(Cl)c(-c3nnc4n3CCCCC4)c2)cnn1-c1ccccc1F. The number of halogens is 2. The van der Waals surface area contributed by atoms with E-state index in [4.69, 9.17) is 11.6 Å². The molecule has 4 aromatic rings. The summed E-state index contributed by atoms with van der Waals surface area (Å²) in [6.45, 7) is 2.58. The monoisotopic (exact) mass is 464 g/mol. The molecule has 0 spiro atoms. The number of nitrogens with zero attached hydrogens (tertiary/aromatic N) is 5. The smallest absolute Gasteiger partial charge is 0.259 e. The second kappa shape index (κ2) is 8.78. The molecule has 168 valence electrons. The van der Waals surface area contributed by atoms with Gasteiger partial charge in [0, 0.05) is 24.2 Å². The Morgan fingerprint density at radius 3 is 2.82 bits per heavy atom. The highest BCUT2D eigenvalue weighted by molar-refractivity contribution is 6.33. The van der Waals surface area contributed by atoms with Crippen molar-refractivity contribution in [1.29, 1.82) is 0 Å². The maximum absolute atomic E-state index is 14.2. The normalized spacial score (nSPS) is 13.4. The summed E-state index contributed by atoms with van der Waals surface area (Å²) in [4.78, 5) is 13.0. The van der Waals surface area contributed by atoms with Gasteiger partial charge < -0.3 is 9.88 Å². The number of benzene rings is 2. The lowest BCUT2D eigenvalue weighted by atomic mass is 10.1. The van der Waals surface area contributed by atoms with Crippen molar-refractivity contribution in [3.63, 3.8) is 0 Å². The molecule has 1 aliphatic heterocycles. The summed E-state index contributed by atoms with van der Waals surface area (Å²) < 4.78 is 17.7. The first-order chi connectivity index (χ1) is 16.0. The molecule has 3 heterocycles. The Hall–Kier alpha value is -3.52. The van der Waals surface area contributed by atoms with Crippen LogP contribution in [0.4, 0.5) is 10.1 Å². The van der Waals surface area contributed by atoms with Gasteiger partial charge in [0.05, 0.1) is 22.5 Å². The van der Waals surface area contributed by atoms with Crippen molar-refractivity contribution in [3.05, 3.63) is 76.6 Å². The molecular formula is C24H22ClFN6O. The van der Waals surface area contributed by atoms with E-state index in [-0.39, 0.29) is 11.6 Å². The molecule has 0 fully saturated rings. The molecule has 5 rings (SSSR count). The highest BCUT2D eigenvalue weighted by Gasteiger charge is 2.20. The molecule has 0 unspecified atom stereocenters. The van der Waals surface area contributed by atoms with Crippen molar-refractivity contribution in [2.24, 2.45) is 0 Å². The molecule has 0 aliphatic carbocycles. The average molecular weight is 465 g/mol. The summed E-state index contributed by atoms with van der Waals surface area (Å²) in [7, 11) is 0. The summed E-state index contributed by atoms with van der Waals surface area (Å²) in [5.41, 5.74) is 2.47. The van der Waals surface area contributed by atoms with Crippen molar-refractivity contribution >= 4 is 23.2 Å². The minimum Gasteiger partial charge on any atom is -0.322 e. The van der Waals surface area contributed by atoms with Crippen molar-refractivity contribution in [3.8, 4) is 17.1 Å². The fourth-order valence-electron chi connectivity index (χ4n) is 4.16. The number of amides is 1. The van der Waals surface area contributed by atoms with Gasteiger partial charge in [-0.25, -0.2) is 9.07 Å². The number of fused-ring (bicyclic) bond motifs is 1. The van der Waals surface area contributed by atoms with Crippen LogP contribution >= 0.6 is 11.6 Å². The van der Waals surface area contributed by atoms with Crippen molar-refractivity contribution < 1.29 is 9.18 Å². The van der Waals surface area contributed by atoms with E-state index < -0.39 is 5.82 Å². The molecule has 1 aliphatic rings. The van der Waals surface area contributed by atoms with Crippen LogP contribution < -0.4 is 5.32 Å². The lowest BCUT2D eigenvalue weighted by Crippen LogP contribution is -2.13. The molecule has 1 N–H and O–H groups in total. The van der Waals surface area contributed by atoms with Crippen LogP contribution in [-0.4, -0.2) is 30.5 Å². The van der Waals surface area contributed by atoms with E-state index >= 15 is 0 Å². The quantitative estimate of drug-likeness (QED) is 0.449. The number of carbonyl (C=O) groups excluding carboxylic acids is 1. The van der Waals surface area contributed by atoms with Gasteiger partial charge in [0.1, 0.15) is 17.3 Å². The maximum Gasteiger partial charge on any atom is 0.259 e. The zero-order valence-electron chi connectivity index (χ0n) is 18.1. The topological polar surface area (TPSA) is 77.6 Å². The first kappa shape index (κ1) is 21.3. The Balaban J connectivity index is 1.43. The average Bonchev–Trinajstić information content (AvgIpc) is 3.30. The summed E-state index contributed by atoms with van der Waals surface area (Å²) >= 11 is 6.49. The van der Waals surface area contributed by atoms with Crippen LogP contribution in [0, 0.1) is 12.7 Å². The number of nitrogens with one attached hydrogen (secondary N) is 1. The number of aromatic nitrogens is 5. The van der Waals surface area contributed by atoms with Crippen LogP contribution in [-0.2, 0) is 13.0 Å². The van der Waals surface area contributed by atoms with Gasteiger partial charge in [-0.15, -0.1) is 10.2 Å². The van der Waals surface area contributed by atoms with Crippen LogP contribution in [0.25, 0.3) is 17.1 Å². The Kier molecular flexibility index (Phi) is 5.68. The van der Waals surface area contributed by atoms with Crippen molar-refractivity contribution in [2.45, 2.75) is 39.2 Å². The highest BCUT2D eigenvalue weighted by atomic mass is 35.5. The molecular weight excluding hydrogens is 443 g/mol. The Labute approximate surface area is 195 Å². The van der Waals surface area contributed by atoms with E-state index in [9.17, 15) is 9.18 Å². The fourth-order valence-corrected chi connectivity index (χ4v) is 4.36. The van der Waals surface area contributed by atoms with E-state index in [0.29, 0.717) is 33.4 Å². The summed E-state index contributed by atoms with van der Waals surface area (Å²) in [6, 6.07) is 11.6. The molecule has 9 heteroatoms. The molecule has 33 heavy (non-hydrogen) atoms. The lowest BCUT2D eigenvalue weighted by molar-refractivity contribution is 0.102. The van der Waals surface area contributed by atoms with Gasteiger partial charge in [0.15, 0.2) is 5.82 Å². The van der Waals surface area contributed by atoms with E-state index in [1.54, 1.807) is 43.3 Å². The second-order valence-corrected chi connectivity index (χ2v) is 8.46. The molecule has 2 aromatic heterocycles. The summed E-state index contributed by atoms with van der Waals surface area (Å²) in [5.74, 6) is 0.912. The third kappa shape index (κ3) is 4.02. The van der Waals surface area contributed by atoms with Gasteiger partial charge in [-0.2, -0.15) is 5.10 Å². The number of hydrogen-bond acceptors (Lipinski definition) is 4. The molecule has 0 atom stereocenters. The first-order valence-corrected chi connectivity index (χ1v) is 11.2. The summed E-state index contributed by atoms with van der Waals surface area (Å²) in [6.07, 6.45) is 5.66. The molecule has 7 nitrogen and oxygen atoms in total. The second-order valence-electron chi connectivity index (χ2n) is 8.06. The molecule has 1 amide bonds. The molecule has 2 aromatic carbocycles. The third-order valence-electron chi connectivity index (χ3n) is 5.91. The standard InChI is InChI=1S/C24H22ClFN6O/c1-15-18(14-27-32(15)21-8-5-4-7-20(21)26)24(33)28-16-10-11-19(25)17(13-16)23-30-29-22-9-3-2-6-12-31(22)23/h4-5,7-8,10-11,13-14H,2-3,6,9,12H2,1H3,(H,28,33). The van der Waals surface area contributed by atoms with Crippen LogP contribution in [0.3, 0.4) is 0 Å². The predicted molar refractivity (Wildman–Crippen MR) is 124 cm³/mol. The van der Waals surface area contributed by atoms with Gasteiger partial charge >= 0.3 is 0 Å². The van der Waals surface area contributed by atoms with E-state index in [1.165, 1.54) is 16.9 Å². The zero-order chi connectivity index (χ0) is 22.9. The minimum atomic E-state index is -0.412. The molecule has 0 bridgehead atoms. The summed E-state index contributed by atoms with van der Waals surface area (Å²) in [5, 5.41) is 16.4. The number of carbonyl (C=O) groups is 1. The number of para-hydroxylation sites is 1. The van der Waals surface area contributed by atoms with Crippen LogP contribution in [0.5, 0.6) is 0 Å². The Morgan fingerprint density at radius 2 is 1.97 bits per heavy atom. The largest absolute Gasteiger partial charge is 0.322 e. The maximum atomic E-state index is 14.2. The fraction of sp³-hybridized carbons (Fsp3) is 0.250. The van der Waals surface area contributed by atoms with Gasteiger partial charge in [-0.3, -0.25) is 4.79 Å². The Bertz CT molecular complexity index is 1340. The van der Waals surface area contributed by atoms with E-state index in [2.05, 4.69) is 25.2 Å². The van der Waals surface area contributed by atoms with E-state index in [0.717, 1.165) is 38.1 Å². The highest BCUT2D eigenvalue weighted by Crippen LogP contribution is 2.31. The number of anilines is 1. The molecule has 0 saturated heterocycles. The number of hydrogen-bond donors (Lipinski definition) is 1. The van der Waals surface area contributed by atoms with E-state index in [1.807, 2.05) is 0 Å². The molecule has 0 radical (unpaired) electrons. The number of rotatable bonds is 4. The first-order valence-electron chi connectivity index (χ1n) is 10.9. The van der Waals surface area contributed by atoms with Gasteiger partial charge in [-0.05, 0) is 50.1 Å². The predicted octanol–water partition coefficient (Wildman–Crippen LogP) is 5.21. The minimum absolute atomic E-state index is 0.287. The third-order valence-corrected chi connectivity index (χ3v) is 6.24. The van der Waals surface area contributed by atoms with Crippen LogP contribution in [0.1, 0.15) is 41.1 Å². The van der Waals surface area contributed by atoms with Gasteiger partial charge in [0.25, 0.3) is 5.91 Å².